The number of para-hydroxylation sites is 1. The second kappa shape index (κ2) is 6.52. The normalized spacial score (nSPS) is 13.4. The lowest BCUT2D eigenvalue weighted by Crippen LogP contribution is -2.44. The van der Waals surface area contributed by atoms with Crippen LogP contribution in [0.4, 0.5) is 10.5 Å². The van der Waals surface area contributed by atoms with Gasteiger partial charge >= 0.3 is 6.03 Å². The molecule has 2 aromatic carbocycles. The number of aryl methyl sites for hydroxylation is 2. The average molecular weight is 296 g/mol. The number of carbonyl (C=O) groups is 1. The van der Waals surface area contributed by atoms with Gasteiger partial charge in [-0.3, -0.25) is 4.90 Å². The van der Waals surface area contributed by atoms with E-state index < -0.39 is 0 Å². The highest BCUT2D eigenvalue weighted by atomic mass is 16.5. The Bertz CT molecular complexity index is 652. The summed E-state index contributed by atoms with van der Waals surface area (Å²) in [5, 5.41) is 2.82. The summed E-state index contributed by atoms with van der Waals surface area (Å²) in [5.41, 5.74) is 3.41. The summed E-state index contributed by atoms with van der Waals surface area (Å²) in [6.45, 7) is 2.94. The van der Waals surface area contributed by atoms with Crippen molar-refractivity contribution in [2.45, 2.75) is 19.8 Å². The first kappa shape index (κ1) is 14.4. The van der Waals surface area contributed by atoms with Gasteiger partial charge in [0.2, 0.25) is 0 Å². The molecule has 0 fully saturated rings. The van der Waals surface area contributed by atoms with Crippen molar-refractivity contribution in [3.05, 3.63) is 59.7 Å². The molecule has 1 aliphatic rings. The van der Waals surface area contributed by atoms with Gasteiger partial charge in [0.25, 0.3) is 0 Å². The number of nitrogens with zero attached hydrogens (tertiary/aromatic N) is 1. The molecule has 0 saturated carbocycles. The van der Waals surface area contributed by atoms with E-state index in [1.165, 1.54) is 11.1 Å². The number of nitrogens with one attached hydrogen (secondary N) is 1. The summed E-state index contributed by atoms with van der Waals surface area (Å²) < 4.78 is 5.55. The predicted molar refractivity (Wildman–Crippen MR) is 87.3 cm³/mol. The van der Waals surface area contributed by atoms with Gasteiger partial charge in [0.05, 0.1) is 0 Å². The van der Waals surface area contributed by atoms with Gasteiger partial charge < -0.3 is 10.1 Å². The largest absolute Gasteiger partial charge is 0.473 e. The Hall–Kier alpha value is -2.49. The number of hydrogen-bond donors (Lipinski definition) is 1. The van der Waals surface area contributed by atoms with Crippen LogP contribution < -0.4 is 15.0 Å². The number of hydrogen-bond acceptors (Lipinski definition) is 2. The Kier molecular flexibility index (Phi) is 4.28. The maximum Gasteiger partial charge on any atom is 0.324 e. The van der Waals surface area contributed by atoms with Gasteiger partial charge in [-0.15, -0.1) is 0 Å². The minimum atomic E-state index is -0.112. The Morgan fingerprint density at radius 3 is 2.77 bits per heavy atom. The smallest absolute Gasteiger partial charge is 0.324 e. The number of amides is 2. The van der Waals surface area contributed by atoms with Gasteiger partial charge in [0.1, 0.15) is 5.75 Å². The number of rotatable bonds is 3. The highest BCUT2D eigenvalue weighted by molar-refractivity contribution is 5.93. The van der Waals surface area contributed by atoms with Crippen molar-refractivity contribution in [2.24, 2.45) is 0 Å². The van der Waals surface area contributed by atoms with Gasteiger partial charge in [0, 0.05) is 12.2 Å². The third kappa shape index (κ3) is 3.22. The monoisotopic (exact) mass is 296 g/mol. The molecule has 0 aromatic heterocycles. The lowest BCUT2D eigenvalue weighted by Gasteiger charge is -2.29. The Labute approximate surface area is 130 Å². The topological polar surface area (TPSA) is 41.6 Å². The fourth-order valence-corrected chi connectivity index (χ4v) is 2.66. The van der Waals surface area contributed by atoms with Crippen molar-refractivity contribution >= 4 is 11.7 Å². The molecule has 0 atom stereocenters. The van der Waals surface area contributed by atoms with Gasteiger partial charge in [0.15, 0.2) is 6.73 Å². The van der Waals surface area contributed by atoms with Crippen LogP contribution >= 0.6 is 0 Å². The molecule has 0 radical (unpaired) electrons. The Morgan fingerprint density at radius 1 is 1.18 bits per heavy atom. The zero-order valence-corrected chi connectivity index (χ0v) is 12.7. The van der Waals surface area contributed by atoms with Crippen LogP contribution in [0.15, 0.2) is 48.5 Å². The summed E-state index contributed by atoms with van der Waals surface area (Å²) >= 11 is 0. The number of carbonyl (C=O) groups excluding carboxylic acids is 1. The number of fused-ring (bicyclic) bond motifs is 1. The number of anilines is 1. The number of benzene rings is 2. The van der Waals surface area contributed by atoms with Gasteiger partial charge in [-0.25, -0.2) is 4.79 Å². The van der Waals surface area contributed by atoms with E-state index >= 15 is 0 Å². The zero-order chi connectivity index (χ0) is 15.4. The first-order valence-corrected chi connectivity index (χ1v) is 7.57. The fraction of sp³-hybridized carbons (Fsp3) is 0.278. The van der Waals surface area contributed by atoms with E-state index in [0.717, 1.165) is 30.8 Å². The number of ether oxygens (including phenoxy) is 1. The Morgan fingerprint density at radius 2 is 1.95 bits per heavy atom. The molecule has 22 heavy (non-hydrogen) atoms. The van der Waals surface area contributed by atoms with Gasteiger partial charge in [-0.05, 0) is 43.5 Å². The fourth-order valence-electron chi connectivity index (χ4n) is 2.66. The van der Waals surface area contributed by atoms with E-state index in [1.807, 2.05) is 49.4 Å². The third-order valence-electron chi connectivity index (χ3n) is 3.84. The van der Waals surface area contributed by atoms with E-state index in [0.29, 0.717) is 0 Å². The van der Waals surface area contributed by atoms with Crippen molar-refractivity contribution < 1.29 is 9.53 Å². The van der Waals surface area contributed by atoms with Crippen LogP contribution in [0.5, 0.6) is 5.75 Å². The molecular formula is C18H20N2O2. The standard InChI is InChI=1S/C18H20N2O2/c1-14-8-10-16(11-9-14)22-13-19-18(21)20-12-4-6-15-5-2-3-7-17(15)20/h2-3,5,7-11H,4,6,12-13H2,1H3,(H,19,21). The van der Waals surface area contributed by atoms with Crippen molar-refractivity contribution in [2.75, 3.05) is 18.2 Å². The molecule has 1 heterocycles. The molecule has 1 N–H and O–H groups in total. The van der Waals surface area contributed by atoms with Crippen LogP contribution in [0.2, 0.25) is 0 Å². The van der Waals surface area contributed by atoms with Crippen LogP contribution in [-0.4, -0.2) is 19.3 Å². The van der Waals surface area contributed by atoms with Gasteiger partial charge in [-0.1, -0.05) is 35.9 Å². The molecule has 0 saturated heterocycles. The molecule has 0 unspecified atom stereocenters. The molecular weight excluding hydrogens is 276 g/mol. The molecule has 2 aromatic rings. The van der Waals surface area contributed by atoms with E-state index in [-0.39, 0.29) is 12.8 Å². The maximum absolute atomic E-state index is 12.3. The molecule has 2 amide bonds. The third-order valence-corrected chi connectivity index (χ3v) is 3.84. The summed E-state index contributed by atoms with van der Waals surface area (Å²) in [6.07, 6.45) is 2.02. The van der Waals surface area contributed by atoms with Crippen LogP contribution in [0, 0.1) is 6.92 Å². The lowest BCUT2D eigenvalue weighted by molar-refractivity contribution is 0.228. The van der Waals surface area contributed by atoms with Gasteiger partial charge in [-0.2, -0.15) is 0 Å². The van der Waals surface area contributed by atoms with E-state index in [4.69, 9.17) is 4.74 Å². The molecule has 0 aliphatic carbocycles. The maximum atomic E-state index is 12.3. The second-order valence-electron chi connectivity index (χ2n) is 5.47. The van der Waals surface area contributed by atoms with Crippen LogP contribution in [0.3, 0.4) is 0 Å². The van der Waals surface area contributed by atoms with Crippen LogP contribution in [0.25, 0.3) is 0 Å². The second-order valence-corrected chi connectivity index (χ2v) is 5.47. The summed E-state index contributed by atoms with van der Waals surface area (Å²) in [4.78, 5) is 14.1. The highest BCUT2D eigenvalue weighted by Crippen LogP contribution is 2.26. The Balaban J connectivity index is 1.58. The van der Waals surface area contributed by atoms with Crippen molar-refractivity contribution in [3.63, 3.8) is 0 Å². The quantitative estimate of drug-likeness (QED) is 0.881. The summed E-state index contributed by atoms with van der Waals surface area (Å²) in [5.74, 6) is 0.755. The van der Waals surface area contributed by atoms with E-state index in [2.05, 4.69) is 11.4 Å². The predicted octanol–water partition coefficient (Wildman–Crippen LogP) is 3.49. The first-order chi connectivity index (χ1) is 10.7. The van der Waals surface area contributed by atoms with Crippen LogP contribution in [0.1, 0.15) is 17.5 Å². The van der Waals surface area contributed by atoms with Crippen molar-refractivity contribution in [3.8, 4) is 5.75 Å². The summed E-state index contributed by atoms with van der Waals surface area (Å²) in [7, 11) is 0. The molecule has 0 spiro atoms. The lowest BCUT2D eigenvalue weighted by atomic mass is 10.0. The molecule has 3 rings (SSSR count). The zero-order valence-electron chi connectivity index (χ0n) is 12.7. The molecule has 4 nitrogen and oxygen atoms in total. The highest BCUT2D eigenvalue weighted by Gasteiger charge is 2.21. The average Bonchev–Trinajstić information content (AvgIpc) is 2.56. The SMILES string of the molecule is Cc1ccc(OCNC(=O)N2CCCc3ccccc32)cc1. The van der Waals surface area contributed by atoms with Crippen LogP contribution in [-0.2, 0) is 6.42 Å². The van der Waals surface area contributed by atoms with Crippen molar-refractivity contribution in [1.29, 1.82) is 0 Å². The molecule has 0 bridgehead atoms. The van der Waals surface area contributed by atoms with Crippen molar-refractivity contribution in [1.82, 2.24) is 5.32 Å². The van der Waals surface area contributed by atoms with E-state index in [1.54, 1.807) is 4.90 Å². The van der Waals surface area contributed by atoms with E-state index in [9.17, 15) is 4.79 Å². The molecule has 114 valence electrons. The minimum absolute atomic E-state index is 0.112. The first-order valence-electron chi connectivity index (χ1n) is 7.57. The minimum Gasteiger partial charge on any atom is -0.473 e. The molecule has 4 heteroatoms. The summed E-state index contributed by atoms with van der Waals surface area (Å²) in [6, 6.07) is 15.7. The number of urea groups is 1. The molecule has 1 aliphatic heterocycles.